The normalized spacial score (nSPS) is 26.5. The Morgan fingerprint density at radius 1 is 1.69 bits per heavy atom. The second-order valence-electron chi connectivity index (χ2n) is 4.08. The number of carbonyl (C=O) groups excluding carboxylic acids is 1. The molecule has 0 aromatic carbocycles. The summed E-state index contributed by atoms with van der Waals surface area (Å²) in [7, 11) is 1.98. The van der Waals surface area contributed by atoms with Crippen LogP contribution in [-0.4, -0.2) is 41.5 Å². The Bertz CT molecular complexity index is 180. The highest BCUT2D eigenvalue weighted by atomic mass is 16.3. The maximum atomic E-state index is 11.2. The minimum Gasteiger partial charge on any atom is -0.392 e. The molecule has 3 heteroatoms. The van der Waals surface area contributed by atoms with Crippen molar-refractivity contribution >= 4 is 5.78 Å². The molecule has 1 rings (SSSR count). The molecule has 0 aromatic rings. The van der Waals surface area contributed by atoms with Gasteiger partial charge in [-0.1, -0.05) is 0 Å². The average molecular weight is 185 g/mol. The number of rotatable bonds is 3. The van der Waals surface area contributed by atoms with E-state index in [4.69, 9.17) is 0 Å². The second kappa shape index (κ2) is 4.72. The van der Waals surface area contributed by atoms with Gasteiger partial charge in [0.25, 0.3) is 0 Å². The molecular formula is C10H19NO2. The summed E-state index contributed by atoms with van der Waals surface area (Å²) in [5.74, 6) is 0.369. The molecule has 1 aliphatic rings. The lowest BCUT2D eigenvalue weighted by atomic mass is 9.93. The molecule has 0 amide bonds. The van der Waals surface area contributed by atoms with Gasteiger partial charge in [0.05, 0.1) is 6.10 Å². The molecule has 1 aliphatic carbocycles. The number of hydrogen-bond acceptors (Lipinski definition) is 3. The van der Waals surface area contributed by atoms with Gasteiger partial charge < -0.3 is 10.0 Å². The molecule has 1 saturated carbocycles. The minimum atomic E-state index is -0.304. The Balaban J connectivity index is 2.36. The van der Waals surface area contributed by atoms with Crippen LogP contribution in [0.3, 0.4) is 0 Å². The average Bonchev–Trinajstić information content (AvgIpc) is 2.03. The van der Waals surface area contributed by atoms with E-state index < -0.39 is 0 Å². The first-order chi connectivity index (χ1) is 6.09. The van der Waals surface area contributed by atoms with Crippen LogP contribution < -0.4 is 0 Å². The Hall–Kier alpha value is -0.410. The van der Waals surface area contributed by atoms with Gasteiger partial charge in [-0.05, 0) is 26.8 Å². The Morgan fingerprint density at radius 3 is 2.92 bits per heavy atom. The van der Waals surface area contributed by atoms with Crippen molar-refractivity contribution in [2.45, 2.75) is 44.8 Å². The zero-order valence-corrected chi connectivity index (χ0v) is 8.49. The number of Topliss-reactive ketones (excluding diaryl/α,β-unsaturated/α-hetero) is 1. The van der Waals surface area contributed by atoms with Gasteiger partial charge in [-0.25, -0.2) is 0 Å². The van der Waals surface area contributed by atoms with Gasteiger partial charge in [-0.3, -0.25) is 4.79 Å². The van der Waals surface area contributed by atoms with Crippen molar-refractivity contribution in [1.82, 2.24) is 4.90 Å². The van der Waals surface area contributed by atoms with Crippen molar-refractivity contribution in [3.05, 3.63) is 0 Å². The van der Waals surface area contributed by atoms with Crippen molar-refractivity contribution in [2.75, 3.05) is 13.6 Å². The molecule has 76 valence electrons. The first-order valence-corrected chi connectivity index (χ1v) is 4.99. The van der Waals surface area contributed by atoms with Crippen LogP contribution >= 0.6 is 0 Å². The highest BCUT2D eigenvalue weighted by Gasteiger charge is 2.23. The summed E-state index contributed by atoms with van der Waals surface area (Å²) in [6.45, 7) is 2.44. The number of carbonyl (C=O) groups is 1. The first-order valence-electron chi connectivity index (χ1n) is 4.99. The predicted molar refractivity (Wildman–Crippen MR) is 51.6 cm³/mol. The number of hydrogen-bond donors (Lipinski definition) is 1. The van der Waals surface area contributed by atoms with Crippen LogP contribution in [0.1, 0.15) is 32.6 Å². The van der Waals surface area contributed by atoms with Gasteiger partial charge in [0.1, 0.15) is 5.78 Å². The third kappa shape index (κ3) is 3.44. The summed E-state index contributed by atoms with van der Waals surface area (Å²) < 4.78 is 0. The summed E-state index contributed by atoms with van der Waals surface area (Å²) in [6.07, 6.45) is 3.22. The molecule has 2 atom stereocenters. The van der Waals surface area contributed by atoms with Crippen LogP contribution in [0.15, 0.2) is 0 Å². The van der Waals surface area contributed by atoms with Crippen LogP contribution in [0.25, 0.3) is 0 Å². The van der Waals surface area contributed by atoms with Gasteiger partial charge in [-0.15, -0.1) is 0 Å². The lowest BCUT2D eigenvalue weighted by molar-refractivity contribution is -0.122. The molecule has 1 N–H and O–H groups in total. The zero-order chi connectivity index (χ0) is 9.84. The highest BCUT2D eigenvalue weighted by Crippen LogP contribution is 2.19. The summed E-state index contributed by atoms with van der Waals surface area (Å²) in [5.41, 5.74) is 0. The van der Waals surface area contributed by atoms with Crippen LogP contribution in [-0.2, 0) is 4.79 Å². The van der Waals surface area contributed by atoms with Gasteiger partial charge in [0.15, 0.2) is 0 Å². The lowest BCUT2D eigenvalue weighted by Gasteiger charge is -2.31. The third-order valence-electron chi connectivity index (χ3n) is 2.63. The van der Waals surface area contributed by atoms with Crippen LogP contribution in [0, 0.1) is 0 Å². The SMILES string of the molecule is CC(O)CN(C)C1CCCC(=O)C1. The highest BCUT2D eigenvalue weighted by molar-refractivity contribution is 5.79. The van der Waals surface area contributed by atoms with Crippen molar-refractivity contribution in [3.63, 3.8) is 0 Å². The number of likely N-dealkylation sites (N-methyl/N-ethyl adjacent to an activating group) is 1. The zero-order valence-electron chi connectivity index (χ0n) is 8.49. The molecule has 13 heavy (non-hydrogen) atoms. The summed E-state index contributed by atoms with van der Waals surface area (Å²) in [5, 5.41) is 9.19. The molecule has 0 aromatic heterocycles. The van der Waals surface area contributed by atoms with E-state index in [1.807, 2.05) is 7.05 Å². The van der Waals surface area contributed by atoms with Gasteiger partial charge in [0, 0.05) is 25.4 Å². The van der Waals surface area contributed by atoms with E-state index >= 15 is 0 Å². The van der Waals surface area contributed by atoms with Gasteiger partial charge in [-0.2, -0.15) is 0 Å². The monoisotopic (exact) mass is 185 g/mol. The van der Waals surface area contributed by atoms with E-state index in [1.54, 1.807) is 6.92 Å². The summed E-state index contributed by atoms with van der Waals surface area (Å²) in [4.78, 5) is 13.3. The Labute approximate surface area is 79.7 Å². The molecule has 0 spiro atoms. The molecular weight excluding hydrogens is 166 g/mol. The molecule has 0 bridgehead atoms. The van der Waals surface area contributed by atoms with E-state index in [1.165, 1.54) is 0 Å². The quantitative estimate of drug-likeness (QED) is 0.707. The Morgan fingerprint density at radius 2 is 2.38 bits per heavy atom. The van der Waals surface area contributed by atoms with E-state index in [-0.39, 0.29) is 6.10 Å². The number of aliphatic hydroxyl groups excluding tert-OH is 1. The Kier molecular flexibility index (Phi) is 3.88. The smallest absolute Gasteiger partial charge is 0.134 e. The number of ketones is 1. The molecule has 1 fully saturated rings. The van der Waals surface area contributed by atoms with Gasteiger partial charge >= 0.3 is 0 Å². The maximum absolute atomic E-state index is 11.2. The van der Waals surface area contributed by atoms with E-state index in [9.17, 15) is 9.90 Å². The van der Waals surface area contributed by atoms with Gasteiger partial charge in [0.2, 0.25) is 0 Å². The lowest BCUT2D eigenvalue weighted by Crippen LogP contribution is -2.39. The molecule has 3 nitrogen and oxygen atoms in total. The summed E-state index contributed by atoms with van der Waals surface area (Å²) >= 11 is 0. The van der Waals surface area contributed by atoms with Crippen molar-refractivity contribution in [1.29, 1.82) is 0 Å². The fourth-order valence-electron chi connectivity index (χ4n) is 1.94. The largest absolute Gasteiger partial charge is 0.392 e. The summed E-state index contributed by atoms with van der Waals surface area (Å²) in [6, 6.07) is 0.357. The van der Waals surface area contributed by atoms with E-state index in [2.05, 4.69) is 4.90 Å². The minimum absolute atomic E-state index is 0.304. The predicted octanol–water partition coefficient (Wildman–Crippen LogP) is 0.811. The second-order valence-corrected chi connectivity index (χ2v) is 4.08. The molecule has 0 aliphatic heterocycles. The van der Waals surface area contributed by atoms with Crippen LogP contribution in [0.2, 0.25) is 0 Å². The third-order valence-corrected chi connectivity index (χ3v) is 2.63. The molecule has 0 saturated heterocycles. The topological polar surface area (TPSA) is 40.5 Å². The van der Waals surface area contributed by atoms with E-state index in [0.29, 0.717) is 24.8 Å². The molecule has 0 radical (unpaired) electrons. The standard InChI is InChI=1S/C10H19NO2/c1-8(12)7-11(2)9-4-3-5-10(13)6-9/h8-9,12H,3-7H2,1-2H3. The van der Waals surface area contributed by atoms with Crippen molar-refractivity contribution < 1.29 is 9.90 Å². The first kappa shape index (κ1) is 10.7. The molecule has 2 unspecified atom stereocenters. The fourth-order valence-corrected chi connectivity index (χ4v) is 1.94. The number of nitrogens with zero attached hydrogens (tertiary/aromatic N) is 1. The number of aliphatic hydroxyl groups is 1. The van der Waals surface area contributed by atoms with Crippen molar-refractivity contribution in [3.8, 4) is 0 Å². The fraction of sp³-hybridized carbons (Fsp3) is 0.900. The van der Waals surface area contributed by atoms with Crippen LogP contribution in [0.4, 0.5) is 0 Å². The van der Waals surface area contributed by atoms with Crippen LogP contribution in [0.5, 0.6) is 0 Å². The maximum Gasteiger partial charge on any atom is 0.134 e. The molecule has 0 heterocycles. The van der Waals surface area contributed by atoms with E-state index in [0.717, 1.165) is 19.3 Å². The van der Waals surface area contributed by atoms with Crippen molar-refractivity contribution in [2.24, 2.45) is 0 Å².